The summed E-state index contributed by atoms with van der Waals surface area (Å²) in [5, 5.41) is 11.1. The van der Waals surface area contributed by atoms with Crippen molar-refractivity contribution in [1.82, 2.24) is 0 Å². The van der Waals surface area contributed by atoms with E-state index in [1.165, 1.54) is 11.3 Å². The van der Waals surface area contributed by atoms with Crippen LogP contribution in [0.15, 0.2) is 41.8 Å². The molecule has 0 saturated heterocycles. The first-order valence-electron chi connectivity index (χ1n) is 5.92. The predicted molar refractivity (Wildman–Crippen MR) is 77.4 cm³/mol. The normalized spacial score (nSPS) is 11.3. The molecule has 0 aliphatic carbocycles. The molecule has 2 aromatic rings. The molecule has 1 aromatic heterocycles. The number of hydrogen-bond acceptors (Lipinski definition) is 3. The van der Waals surface area contributed by atoms with E-state index in [0.717, 1.165) is 16.2 Å². The Labute approximate surface area is 115 Å². The van der Waals surface area contributed by atoms with Gasteiger partial charge in [-0.05, 0) is 42.1 Å². The Bertz CT molecular complexity index is 568. The lowest BCUT2D eigenvalue weighted by Gasteiger charge is -2.03. The van der Waals surface area contributed by atoms with Crippen LogP contribution in [0.1, 0.15) is 17.4 Å². The Hall–Kier alpha value is -2.07. The van der Waals surface area contributed by atoms with Crippen molar-refractivity contribution < 1.29 is 14.6 Å². The summed E-state index contributed by atoms with van der Waals surface area (Å²) in [7, 11) is 0. The predicted octanol–water partition coefficient (Wildman–Crippen LogP) is 3.77. The van der Waals surface area contributed by atoms with Gasteiger partial charge in [-0.15, -0.1) is 11.3 Å². The van der Waals surface area contributed by atoms with Crippen molar-refractivity contribution in [3.63, 3.8) is 0 Å². The van der Waals surface area contributed by atoms with Crippen LogP contribution in [0.5, 0.6) is 5.75 Å². The number of aliphatic carboxylic acids is 1. The van der Waals surface area contributed by atoms with Crippen LogP contribution < -0.4 is 4.74 Å². The van der Waals surface area contributed by atoms with Gasteiger partial charge in [0, 0.05) is 4.88 Å². The number of ether oxygens (including phenoxy) is 1. The van der Waals surface area contributed by atoms with Crippen LogP contribution >= 0.6 is 11.3 Å². The van der Waals surface area contributed by atoms with Gasteiger partial charge in [-0.3, -0.25) is 0 Å². The average molecular weight is 274 g/mol. The van der Waals surface area contributed by atoms with Crippen molar-refractivity contribution in [3.8, 4) is 5.75 Å². The summed E-state index contributed by atoms with van der Waals surface area (Å²) in [6, 6.07) is 11.0. The molecule has 0 radical (unpaired) electrons. The van der Waals surface area contributed by atoms with Crippen LogP contribution in [0.2, 0.25) is 0 Å². The first-order chi connectivity index (χ1) is 9.20. The lowest BCUT2D eigenvalue weighted by molar-refractivity contribution is -0.130. The van der Waals surface area contributed by atoms with E-state index in [0.29, 0.717) is 12.2 Å². The van der Waals surface area contributed by atoms with Crippen LogP contribution in [0.25, 0.3) is 11.6 Å². The summed E-state index contributed by atoms with van der Waals surface area (Å²) in [6.07, 6.45) is 1.67. The number of benzene rings is 1. The molecule has 0 fully saturated rings. The molecule has 1 heterocycles. The SMILES string of the molecule is CCOc1ccc(C=C(C(=O)O)c2cccs2)cc1. The van der Waals surface area contributed by atoms with E-state index in [1.54, 1.807) is 12.1 Å². The van der Waals surface area contributed by atoms with E-state index in [1.807, 2.05) is 42.6 Å². The van der Waals surface area contributed by atoms with Crippen molar-refractivity contribution in [2.24, 2.45) is 0 Å². The zero-order valence-corrected chi connectivity index (χ0v) is 11.3. The highest BCUT2D eigenvalue weighted by molar-refractivity contribution is 7.11. The first kappa shape index (κ1) is 13.4. The summed E-state index contributed by atoms with van der Waals surface area (Å²) < 4.78 is 5.35. The molecule has 19 heavy (non-hydrogen) atoms. The lowest BCUT2D eigenvalue weighted by atomic mass is 10.1. The van der Waals surface area contributed by atoms with Crippen molar-refractivity contribution in [1.29, 1.82) is 0 Å². The third kappa shape index (κ3) is 3.45. The van der Waals surface area contributed by atoms with Crippen molar-refractivity contribution in [3.05, 3.63) is 52.2 Å². The van der Waals surface area contributed by atoms with Gasteiger partial charge in [0.15, 0.2) is 0 Å². The molecule has 0 saturated carbocycles. The fraction of sp³-hybridized carbons (Fsp3) is 0.133. The molecule has 0 bridgehead atoms. The molecule has 0 aliphatic heterocycles. The Morgan fingerprint density at radius 2 is 2.05 bits per heavy atom. The summed E-state index contributed by atoms with van der Waals surface area (Å²) in [4.78, 5) is 12.0. The maximum absolute atomic E-state index is 11.3. The number of carbonyl (C=O) groups is 1. The fourth-order valence-electron chi connectivity index (χ4n) is 1.66. The van der Waals surface area contributed by atoms with Crippen molar-refractivity contribution in [2.45, 2.75) is 6.92 Å². The molecule has 98 valence electrons. The smallest absolute Gasteiger partial charge is 0.337 e. The maximum atomic E-state index is 11.3. The first-order valence-corrected chi connectivity index (χ1v) is 6.80. The standard InChI is InChI=1S/C15H14O3S/c1-2-18-12-7-5-11(6-8-12)10-13(15(16)17)14-4-3-9-19-14/h3-10H,2H2,1H3,(H,16,17). The van der Waals surface area contributed by atoms with Crippen LogP contribution in [0.3, 0.4) is 0 Å². The van der Waals surface area contributed by atoms with Gasteiger partial charge in [-0.25, -0.2) is 4.79 Å². The summed E-state index contributed by atoms with van der Waals surface area (Å²) in [5.74, 6) is -0.135. The highest BCUT2D eigenvalue weighted by Crippen LogP contribution is 2.24. The van der Waals surface area contributed by atoms with Gasteiger partial charge in [-0.2, -0.15) is 0 Å². The number of rotatable bonds is 5. The second-order valence-corrected chi connectivity index (χ2v) is 4.79. The van der Waals surface area contributed by atoms with Crippen LogP contribution in [0.4, 0.5) is 0 Å². The topological polar surface area (TPSA) is 46.5 Å². The van der Waals surface area contributed by atoms with E-state index in [9.17, 15) is 9.90 Å². The van der Waals surface area contributed by atoms with Crippen LogP contribution in [0, 0.1) is 0 Å². The minimum Gasteiger partial charge on any atom is -0.494 e. The quantitative estimate of drug-likeness (QED) is 0.844. The van der Waals surface area contributed by atoms with Crippen molar-refractivity contribution >= 4 is 29.0 Å². The molecule has 0 atom stereocenters. The monoisotopic (exact) mass is 274 g/mol. The number of thiophene rings is 1. The van der Waals surface area contributed by atoms with E-state index in [2.05, 4.69) is 0 Å². The van der Waals surface area contributed by atoms with Crippen LogP contribution in [-0.2, 0) is 4.79 Å². The maximum Gasteiger partial charge on any atom is 0.337 e. The van der Waals surface area contributed by atoms with Gasteiger partial charge >= 0.3 is 5.97 Å². The third-order valence-corrected chi connectivity index (χ3v) is 3.42. The van der Waals surface area contributed by atoms with Gasteiger partial charge in [0.1, 0.15) is 5.75 Å². The largest absolute Gasteiger partial charge is 0.494 e. The molecule has 2 rings (SSSR count). The van der Waals surface area contributed by atoms with Gasteiger partial charge in [0.25, 0.3) is 0 Å². The summed E-state index contributed by atoms with van der Waals surface area (Å²) in [6.45, 7) is 2.54. The third-order valence-electron chi connectivity index (χ3n) is 2.52. The Balaban J connectivity index is 2.29. The van der Waals surface area contributed by atoms with Crippen molar-refractivity contribution in [2.75, 3.05) is 6.61 Å². The zero-order chi connectivity index (χ0) is 13.7. The summed E-state index contributed by atoms with van der Waals surface area (Å²) in [5.41, 5.74) is 1.15. The van der Waals surface area contributed by atoms with Gasteiger partial charge in [-0.1, -0.05) is 18.2 Å². The Morgan fingerprint density at radius 3 is 2.58 bits per heavy atom. The van der Waals surface area contributed by atoms with E-state index in [-0.39, 0.29) is 0 Å². The Morgan fingerprint density at radius 1 is 1.32 bits per heavy atom. The fourth-order valence-corrected chi connectivity index (χ4v) is 2.40. The average Bonchev–Trinajstić information content (AvgIpc) is 2.91. The molecule has 0 amide bonds. The van der Waals surface area contributed by atoms with Gasteiger partial charge < -0.3 is 9.84 Å². The molecule has 0 unspecified atom stereocenters. The molecule has 1 aromatic carbocycles. The van der Waals surface area contributed by atoms with E-state index < -0.39 is 5.97 Å². The molecule has 0 spiro atoms. The van der Waals surface area contributed by atoms with Gasteiger partial charge in [0.2, 0.25) is 0 Å². The summed E-state index contributed by atoms with van der Waals surface area (Å²) >= 11 is 1.42. The second-order valence-electron chi connectivity index (χ2n) is 3.84. The lowest BCUT2D eigenvalue weighted by Crippen LogP contribution is -1.97. The Kier molecular flexibility index (Phi) is 4.36. The van der Waals surface area contributed by atoms with Gasteiger partial charge in [0.05, 0.1) is 12.2 Å². The molecular weight excluding hydrogens is 260 g/mol. The van der Waals surface area contributed by atoms with E-state index in [4.69, 9.17) is 4.74 Å². The number of hydrogen-bond donors (Lipinski definition) is 1. The molecular formula is C15H14O3S. The highest BCUT2D eigenvalue weighted by Gasteiger charge is 2.11. The molecule has 3 nitrogen and oxygen atoms in total. The minimum absolute atomic E-state index is 0.305. The highest BCUT2D eigenvalue weighted by atomic mass is 32.1. The molecule has 1 N–H and O–H groups in total. The minimum atomic E-state index is -0.920. The number of carboxylic acid groups (broad SMARTS) is 1. The van der Waals surface area contributed by atoms with Crippen LogP contribution in [-0.4, -0.2) is 17.7 Å². The van der Waals surface area contributed by atoms with E-state index >= 15 is 0 Å². The number of carboxylic acids is 1. The molecule has 0 aliphatic rings. The second kappa shape index (κ2) is 6.20. The zero-order valence-electron chi connectivity index (χ0n) is 10.5. The molecule has 4 heteroatoms.